The van der Waals surface area contributed by atoms with Gasteiger partial charge in [0, 0.05) is 26.6 Å². The van der Waals surface area contributed by atoms with Crippen LogP contribution >= 0.6 is 0 Å². The fraction of sp³-hybridized carbons (Fsp3) is 0.462. The van der Waals surface area contributed by atoms with Crippen LogP contribution in [0.15, 0.2) is 29.2 Å². The number of nitrogens with one attached hydrogen (secondary N) is 1. The molecule has 0 aliphatic carbocycles. The summed E-state index contributed by atoms with van der Waals surface area (Å²) in [4.78, 5) is 10.9. The third-order valence-corrected chi connectivity index (χ3v) is 5.17. The molecule has 1 aromatic carbocycles. The average Bonchev–Trinajstić information content (AvgIpc) is 2.77. The summed E-state index contributed by atoms with van der Waals surface area (Å²) < 4.78 is 25.7. The Bertz CT molecular complexity index is 604. The first kappa shape index (κ1) is 15.9. The Kier molecular flexibility index (Phi) is 4.62. The van der Waals surface area contributed by atoms with Gasteiger partial charge in [-0.3, -0.25) is 4.79 Å². The van der Waals surface area contributed by atoms with Crippen LogP contribution in [-0.4, -0.2) is 54.1 Å². The summed E-state index contributed by atoms with van der Waals surface area (Å²) in [5, 5.41) is 21.5. The van der Waals surface area contributed by atoms with E-state index in [0.29, 0.717) is 6.54 Å². The molecule has 0 bridgehead atoms. The van der Waals surface area contributed by atoms with Gasteiger partial charge in [0.05, 0.1) is 17.1 Å². The predicted octanol–water partition coefficient (Wildman–Crippen LogP) is -0.951. The number of benzene rings is 1. The maximum atomic E-state index is 12.3. The number of β-amino-alcohol motifs (C(OH)–C–C–N with tert-alkyl or cyclic N) is 2. The minimum atomic E-state index is -3.73. The van der Waals surface area contributed by atoms with Crippen LogP contribution < -0.4 is 5.32 Å². The molecule has 8 heteroatoms. The topological polar surface area (TPSA) is 107 Å². The van der Waals surface area contributed by atoms with E-state index in [2.05, 4.69) is 5.32 Å². The van der Waals surface area contributed by atoms with Crippen molar-refractivity contribution in [3.05, 3.63) is 29.8 Å². The van der Waals surface area contributed by atoms with Crippen molar-refractivity contribution in [2.75, 3.05) is 13.1 Å². The summed E-state index contributed by atoms with van der Waals surface area (Å²) in [7, 11) is -3.73. The van der Waals surface area contributed by atoms with Crippen LogP contribution in [0.3, 0.4) is 0 Å². The molecule has 116 valence electrons. The lowest BCUT2D eigenvalue weighted by Gasteiger charge is -2.15. The van der Waals surface area contributed by atoms with Crippen LogP contribution in [0.5, 0.6) is 0 Å². The second-order valence-corrected chi connectivity index (χ2v) is 6.95. The first-order valence-electron chi connectivity index (χ1n) is 6.50. The zero-order valence-electron chi connectivity index (χ0n) is 11.6. The van der Waals surface area contributed by atoms with Crippen LogP contribution in [0, 0.1) is 0 Å². The molecule has 21 heavy (non-hydrogen) atoms. The van der Waals surface area contributed by atoms with Gasteiger partial charge in [-0.15, -0.1) is 0 Å². The Morgan fingerprint density at radius 1 is 1.24 bits per heavy atom. The first-order valence-corrected chi connectivity index (χ1v) is 7.94. The monoisotopic (exact) mass is 314 g/mol. The van der Waals surface area contributed by atoms with Gasteiger partial charge in [-0.2, -0.15) is 4.31 Å². The minimum Gasteiger partial charge on any atom is -0.389 e. The Labute approximate surface area is 123 Å². The number of amides is 1. The van der Waals surface area contributed by atoms with Gasteiger partial charge >= 0.3 is 0 Å². The summed E-state index contributed by atoms with van der Waals surface area (Å²) in [6, 6.07) is 6.13. The summed E-state index contributed by atoms with van der Waals surface area (Å²) in [5.74, 6) is -0.160. The fourth-order valence-electron chi connectivity index (χ4n) is 2.09. The normalized spacial score (nSPS) is 23.2. The Morgan fingerprint density at radius 3 is 2.24 bits per heavy atom. The number of aliphatic hydroxyl groups excluding tert-OH is 2. The van der Waals surface area contributed by atoms with Crippen molar-refractivity contribution in [3.63, 3.8) is 0 Å². The van der Waals surface area contributed by atoms with Gasteiger partial charge in [-0.05, 0) is 17.7 Å². The molecule has 0 aromatic heterocycles. The number of aliphatic hydroxyl groups is 2. The molecule has 1 aliphatic heterocycles. The van der Waals surface area contributed by atoms with Crippen LogP contribution in [0.2, 0.25) is 0 Å². The SMILES string of the molecule is CC(=O)NCc1ccc(S(=O)(=O)N2C[C@@H](O)[C@@H](O)C2)cc1. The number of sulfonamides is 1. The quantitative estimate of drug-likeness (QED) is 0.664. The fourth-order valence-corrected chi connectivity index (χ4v) is 3.56. The molecule has 1 fully saturated rings. The molecule has 7 nitrogen and oxygen atoms in total. The Balaban J connectivity index is 2.12. The molecule has 0 radical (unpaired) electrons. The van der Waals surface area contributed by atoms with Crippen molar-refractivity contribution in [1.29, 1.82) is 0 Å². The van der Waals surface area contributed by atoms with Crippen molar-refractivity contribution in [2.24, 2.45) is 0 Å². The largest absolute Gasteiger partial charge is 0.389 e. The molecule has 0 spiro atoms. The number of hydrogen-bond donors (Lipinski definition) is 3. The number of nitrogens with zero attached hydrogens (tertiary/aromatic N) is 1. The Hall–Kier alpha value is -1.48. The highest BCUT2D eigenvalue weighted by Crippen LogP contribution is 2.21. The average molecular weight is 314 g/mol. The van der Waals surface area contributed by atoms with Crippen LogP contribution in [0.25, 0.3) is 0 Å². The maximum absolute atomic E-state index is 12.3. The molecular formula is C13H18N2O5S. The van der Waals surface area contributed by atoms with E-state index >= 15 is 0 Å². The van der Waals surface area contributed by atoms with Gasteiger partial charge in [0.15, 0.2) is 0 Å². The predicted molar refractivity (Wildman–Crippen MR) is 74.7 cm³/mol. The molecule has 1 amide bonds. The zero-order valence-corrected chi connectivity index (χ0v) is 12.4. The van der Waals surface area contributed by atoms with Crippen LogP contribution in [0.4, 0.5) is 0 Å². The van der Waals surface area contributed by atoms with Gasteiger partial charge in [-0.25, -0.2) is 8.42 Å². The highest BCUT2D eigenvalue weighted by molar-refractivity contribution is 7.89. The molecule has 0 unspecified atom stereocenters. The van der Waals surface area contributed by atoms with Crippen molar-refractivity contribution < 1.29 is 23.4 Å². The number of rotatable bonds is 4. The van der Waals surface area contributed by atoms with E-state index in [1.165, 1.54) is 19.1 Å². The zero-order chi connectivity index (χ0) is 15.6. The van der Waals surface area contributed by atoms with E-state index in [1.54, 1.807) is 12.1 Å². The molecular weight excluding hydrogens is 296 g/mol. The standard InChI is InChI=1S/C13H18N2O5S/c1-9(16)14-6-10-2-4-11(5-3-10)21(19,20)15-7-12(17)13(18)8-15/h2-5,12-13,17-18H,6-8H2,1H3,(H,14,16)/t12-,13+. The van der Waals surface area contributed by atoms with Gasteiger partial charge in [0.1, 0.15) is 0 Å². The van der Waals surface area contributed by atoms with E-state index < -0.39 is 22.2 Å². The van der Waals surface area contributed by atoms with E-state index in [1.807, 2.05) is 0 Å². The lowest BCUT2D eigenvalue weighted by molar-refractivity contribution is -0.119. The van der Waals surface area contributed by atoms with Crippen molar-refractivity contribution in [1.82, 2.24) is 9.62 Å². The minimum absolute atomic E-state index is 0.0929. The van der Waals surface area contributed by atoms with E-state index in [-0.39, 0.29) is 23.9 Å². The van der Waals surface area contributed by atoms with Gasteiger partial charge in [0.2, 0.25) is 15.9 Å². The summed E-state index contributed by atoms with van der Waals surface area (Å²) >= 11 is 0. The van der Waals surface area contributed by atoms with Crippen molar-refractivity contribution >= 4 is 15.9 Å². The molecule has 0 saturated carbocycles. The summed E-state index contributed by atoms with van der Waals surface area (Å²) in [5.41, 5.74) is 0.783. The van der Waals surface area contributed by atoms with Crippen LogP contribution in [0.1, 0.15) is 12.5 Å². The third-order valence-electron chi connectivity index (χ3n) is 3.33. The highest BCUT2D eigenvalue weighted by atomic mass is 32.2. The highest BCUT2D eigenvalue weighted by Gasteiger charge is 2.37. The van der Waals surface area contributed by atoms with Gasteiger partial charge in [0.25, 0.3) is 0 Å². The summed E-state index contributed by atoms with van der Waals surface area (Å²) in [6.45, 7) is 1.51. The van der Waals surface area contributed by atoms with Crippen molar-refractivity contribution in [2.45, 2.75) is 30.6 Å². The smallest absolute Gasteiger partial charge is 0.243 e. The molecule has 1 aliphatic rings. The lowest BCUT2D eigenvalue weighted by atomic mass is 10.2. The molecule has 3 N–H and O–H groups in total. The van der Waals surface area contributed by atoms with Gasteiger partial charge in [-0.1, -0.05) is 12.1 Å². The molecule has 2 atom stereocenters. The molecule has 1 aromatic rings. The third kappa shape index (κ3) is 3.59. The second-order valence-electron chi connectivity index (χ2n) is 5.01. The van der Waals surface area contributed by atoms with E-state index in [4.69, 9.17) is 0 Å². The van der Waals surface area contributed by atoms with E-state index in [0.717, 1.165) is 9.87 Å². The number of carbonyl (C=O) groups excluding carboxylic acids is 1. The maximum Gasteiger partial charge on any atom is 0.243 e. The molecule has 1 saturated heterocycles. The second kappa shape index (κ2) is 6.10. The Morgan fingerprint density at radius 2 is 1.76 bits per heavy atom. The summed E-state index contributed by atoms with van der Waals surface area (Å²) in [6.07, 6.45) is -2.11. The van der Waals surface area contributed by atoms with Crippen molar-refractivity contribution in [3.8, 4) is 0 Å². The molecule has 1 heterocycles. The number of hydrogen-bond acceptors (Lipinski definition) is 5. The van der Waals surface area contributed by atoms with E-state index in [9.17, 15) is 23.4 Å². The first-order chi connectivity index (χ1) is 9.80. The lowest BCUT2D eigenvalue weighted by Crippen LogP contribution is -2.30. The number of carbonyl (C=O) groups is 1. The molecule has 2 rings (SSSR count). The van der Waals surface area contributed by atoms with Crippen LogP contribution in [-0.2, 0) is 21.4 Å². The van der Waals surface area contributed by atoms with Gasteiger partial charge < -0.3 is 15.5 Å².